The molecule has 4 atom stereocenters. The number of fused-ring (bicyclic) bond motifs is 1. The highest BCUT2D eigenvalue weighted by atomic mass is 35.5. The highest BCUT2D eigenvalue weighted by Gasteiger charge is 2.69. The van der Waals surface area contributed by atoms with E-state index in [1.54, 1.807) is 49.4 Å². The normalized spacial score (nSPS) is 25.0. The summed E-state index contributed by atoms with van der Waals surface area (Å²) in [6, 6.07) is 12.0. The molecule has 1 fully saturated rings. The van der Waals surface area contributed by atoms with Crippen LogP contribution >= 0.6 is 23.2 Å². The van der Waals surface area contributed by atoms with E-state index in [0.29, 0.717) is 27.1 Å². The number of benzene rings is 2. The van der Waals surface area contributed by atoms with Gasteiger partial charge in [-0.2, -0.15) is 0 Å². The lowest BCUT2D eigenvalue weighted by Crippen LogP contribution is -2.43. The molecule has 2 aromatic rings. The van der Waals surface area contributed by atoms with Gasteiger partial charge in [0.25, 0.3) is 0 Å². The lowest BCUT2D eigenvalue weighted by atomic mass is 10.1. The van der Waals surface area contributed by atoms with Crippen LogP contribution in [0.5, 0.6) is 5.75 Å². The van der Waals surface area contributed by atoms with Crippen LogP contribution in [0.25, 0.3) is 0 Å². The van der Waals surface area contributed by atoms with E-state index in [-0.39, 0.29) is 18.4 Å². The number of allylic oxidation sites excluding steroid dienone is 4. The van der Waals surface area contributed by atoms with Gasteiger partial charge in [-0.25, -0.2) is 8.93 Å². The van der Waals surface area contributed by atoms with E-state index in [1.165, 1.54) is 0 Å². The van der Waals surface area contributed by atoms with Gasteiger partial charge in [0.2, 0.25) is 0 Å². The van der Waals surface area contributed by atoms with E-state index < -0.39 is 22.5 Å². The van der Waals surface area contributed by atoms with E-state index in [4.69, 9.17) is 27.9 Å². The molecule has 0 radical (unpaired) electrons. The molecule has 0 aliphatic heterocycles. The number of hydrogen-bond acceptors (Lipinski definition) is 3. The van der Waals surface area contributed by atoms with Crippen molar-refractivity contribution in [1.29, 1.82) is 0 Å². The fourth-order valence-electron chi connectivity index (χ4n) is 4.61. The smallest absolute Gasteiger partial charge is 0.325 e. The van der Waals surface area contributed by atoms with Crippen molar-refractivity contribution >= 4 is 40.2 Å². The van der Waals surface area contributed by atoms with Gasteiger partial charge in [0.1, 0.15) is 28.9 Å². The molecule has 5 nitrogen and oxygen atoms in total. The van der Waals surface area contributed by atoms with Gasteiger partial charge >= 0.3 is 5.97 Å². The summed E-state index contributed by atoms with van der Waals surface area (Å²) in [6.45, 7) is 1.92. The summed E-state index contributed by atoms with van der Waals surface area (Å²) in [6.07, 6.45) is 17.2. The fourth-order valence-corrected chi connectivity index (χ4v) is 6.27. The predicted octanol–water partition coefficient (Wildman–Crippen LogP) is 6.97. The monoisotopic (exact) mass is 559 g/mol. The molecule has 0 spiro atoms. The molecule has 2 aliphatic carbocycles. The minimum atomic E-state index is -1.67. The van der Waals surface area contributed by atoms with Gasteiger partial charge in [-0.15, -0.1) is 12.3 Å². The second kappa shape index (κ2) is 13.8. The first-order valence-corrected chi connectivity index (χ1v) is 14.0. The molecule has 0 heterocycles. The molecule has 8 heteroatoms. The van der Waals surface area contributed by atoms with Gasteiger partial charge in [-0.1, -0.05) is 60.0 Å². The Morgan fingerprint density at radius 1 is 1.16 bits per heavy atom. The second-order valence-corrected chi connectivity index (χ2v) is 11.0. The Balaban J connectivity index is 0.00000121. The van der Waals surface area contributed by atoms with Crippen LogP contribution < -0.4 is 9.46 Å². The van der Waals surface area contributed by atoms with Crippen molar-refractivity contribution in [3.05, 3.63) is 82.4 Å². The first-order chi connectivity index (χ1) is 17.8. The van der Waals surface area contributed by atoms with Gasteiger partial charge in [0.05, 0.1) is 4.90 Å². The SMILES string of the molecule is C#CC.O=C(O)C1(NS(=O)c2ccc(OCc3ccc(Cl)cc3Cl)cc2)C2C/C=C\C=C/CCCCC21. The van der Waals surface area contributed by atoms with Gasteiger partial charge in [-0.3, -0.25) is 4.79 Å². The number of ether oxygens (including phenoxy) is 1. The molecule has 2 aliphatic rings. The summed E-state index contributed by atoms with van der Waals surface area (Å²) < 4.78 is 21.9. The van der Waals surface area contributed by atoms with E-state index in [1.807, 2.05) is 18.2 Å². The largest absolute Gasteiger partial charge is 0.489 e. The summed E-state index contributed by atoms with van der Waals surface area (Å²) in [4.78, 5) is 12.8. The van der Waals surface area contributed by atoms with Crippen molar-refractivity contribution in [3.63, 3.8) is 0 Å². The summed E-state index contributed by atoms with van der Waals surface area (Å²) in [5.41, 5.74) is -0.364. The van der Waals surface area contributed by atoms with E-state index in [9.17, 15) is 14.1 Å². The number of terminal acetylenes is 1. The Morgan fingerprint density at radius 2 is 1.86 bits per heavy atom. The number of rotatable bonds is 7. The Labute approximate surface area is 231 Å². The topological polar surface area (TPSA) is 75.6 Å². The number of nitrogens with one attached hydrogen (secondary N) is 1. The third-order valence-corrected chi connectivity index (χ3v) is 8.33. The van der Waals surface area contributed by atoms with Crippen LogP contribution in [0.2, 0.25) is 10.0 Å². The predicted molar refractivity (Wildman–Crippen MR) is 150 cm³/mol. The van der Waals surface area contributed by atoms with Crippen LogP contribution in [0.4, 0.5) is 0 Å². The van der Waals surface area contributed by atoms with Crippen molar-refractivity contribution in [2.75, 3.05) is 0 Å². The average molecular weight is 561 g/mol. The van der Waals surface area contributed by atoms with Crippen molar-refractivity contribution in [2.45, 2.75) is 56.1 Å². The van der Waals surface area contributed by atoms with Crippen molar-refractivity contribution in [2.24, 2.45) is 11.8 Å². The Kier molecular flexibility index (Phi) is 10.8. The lowest BCUT2D eigenvalue weighted by molar-refractivity contribution is -0.141. The first kappa shape index (κ1) is 29.0. The number of carboxylic acid groups (broad SMARTS) is 1. The summed E-state index contributed by atoms with van der Waals surface area (Å²) in [7, 11) is -1.67. The second-order valence-electron chi connectivity index (χ2n) is 8.92. The molecule has 2 aromatic carbocycles. The average Bonchev–Trinajstić information content (AvgIpc) is 3.49. The van der Waals surface area contributed by atoms with Gasteiger partial charge in [0, 0.05) is 15.6 Å². The molecular formula is C29H31Cl2NO4S. The number of hydrogen-bond donors (Lipinski definition) is 2. The van der Waals surface area contributed by atoms with Gasteiger partial charge in [-0.05, 0) is 80.8 Å². The molecule has 0 bridgehead atoms. The molecule has 196 valence electrons. The van der Waals surface area contributed by atoms with E-state index in [0.717, 1.165) is 31.2 Å². The lowest BCUT2D eigenvalue weighted by Gasteiger charge is -2.16. The molecule has 4 unspecified atom stereocenters. The number of aliphatic carboxylic acids is 1. The zero-order chi connectivity index (χ0) is 26.8. The number of carboxylic acids is 1. The molecule has 2 N–H and O–H groups in total. The maximum atomic E-state index is 13.1. The summed E-state index contributed by atoms with van der Waals surface area (Å²) >= 11 is 12.1. The third kappa shape index (κ3) is 7.49. The molecular weight excluding hydrogens is 529 g/mol. The van der Waals surface area contributed by atoms with Crippen LogP contribution in [0.15, 0.2) is 71.7 Å². The van der Waals surface area contributed by atoms with Crippen LogP contribution in [0.3, 0.4) is 0 Å². The van der Waals surface area contributed by atoms with Crippen LogP contribution in [-0.4, -0.2) is 20.8 Å². The Morgan fingerprint density at radius 3 is 2.54 bits per heavy atom. The number of carbonyl (C=O) groups is 1. The van der Waals surface area contributed by atoms with Gasteiger partial charge < -0.3 is 9.84 Å². The zero-order valence-electron chi connectivity index (χ0n) is 20.7. The Hall–Kier alpha value is -2.56. The molecule has 0 saturated heterocycles. The van der Waals surface area contributed by atoms with Crippen LogP contribution in [-0.2, 0) is 22.4 Å². The first-order valence-electron chi connectivity index (χ1n) is 12.1. The Bertz CT molecular complexity index is 1210. The molecule has 1 saturated carbocycles. The molecule has 0 amide bonds. The van der Waals surface area contributed by atoms with Gasteiger partial charge in [0.15, 0.2) is 0 Å². The zero-order valence-corrected chi connectivity index (χ0v) is 23.0. The number of halogens is 2. The summed E-state index contributed by atoms with van der Waals surface area (Å²) in [5.74, 6) is 1.79. The third-order valence-electron chi connectivity index (χ3n) is 6.52. The van der Waals surface area contributed by atoms with Crippen LogP contribution in [0, 0.1) is 24.2 Å². The fraction of sp³-hybridized carbons (Fsp3) is 0.345. The van der Waals surface area contributed by atoms with Crippen LogP contribution in [0.1, 0.15) is 44.6 Å². The molecule has 37 heavy (non-hydrogen) atoms. The van der Waals surface area contributed by atoms with Crippen molar-refractivity contribution in [1.82, 2.24) is 4.72 Å². The quantitative estimate of drug-likeness (QED) is 0.359. The maximum Gasteiger partial charge on any atom is 0.325 e. The van der Waals surface area contributed by atoms with Crippen molar-refractivity contribution in [3.8, 4) is 18.1 Å². The highest BCUT2D eigenvalue weighted by molar-refractivity contribution is 7.83. The van der Waals surface area contributed by atoms with Crippen molar-refractivity contribution < 1.29 is 18.8 Å². The minimum absolute atomic E-state index is 0.0385. The molecule has 0 aromatic heterocycles. The van der Waals surface area contributed by atoms with E-state index in [2.05, 4.69) is 23.1 Å². The maximum absolute atomic E-state index is 13.1. The standard InChI is InChI=1S/C26H27Cl2NO4S.C3H4/c27-19-11-10-18(24(28)16-19)17-33-20-12-14-21(15-13-20)34(32)29-26(25(30)31)22-8-6-4-2-1-3-5-7-9-23(22)26;1-3-2/h1-2,4,6,10-16,22-23,29H,3,5,7-9,17H2,(H,30,31);1H,2H3/b2-1-,6-4-;. The summed E-state index contributed by atoms with van der Waals surface area (Å²) in [5, 5.41) is 11.2. The highest BCUT2D eigenvalue weighted by Crippen LogP contribution is 2.56. The van der Waals surface area contributed by atoms with E-state index >= 15 is 0 Å². The molecule has 4 rings (SSSR count). The minimum Gasteiger partial charge on any atom is -0.489 e.